The zero-order valence-electron chi connectivity index (χ0n) is 9.22. The molecule has 88 valence electrons. The quantitative estimate of drug-likeness (QED) is 0.871. The van der Waals surface area contributed by atoms with E-state index in [9.17, 15) is 4.79 Å². The molecule has 0 saturated heterocycles. The number of rotatable bonds is 4. The van der Waals surface area contributed by atoms with Crippen molar-refractivity contribution < 1.29 is 9.90 Å². The predicted molar refractivity (Wildman–Crippen MR) is 68.5 cm³/mol. The van der Waals surface area contributed by atoms with Crippen LogP contribution in [0.25, 0.3) is 0 Å². The third-order valence-corrected chi connectivity index (χ3v) is 3.30. The largest absolute Gasteiger partial charge is 0.508 e. The first kappa shape index (κ1) is 11.7. The molecule has 0 unspecified atom stereocenters. The van der Waals surface area contributed by atoms with E-state index in [0.29, 0.717) is 12.1 Å². The van der Waals surface area contributed by atoms with Crippen LogP contribution in [0.1, 0.15) is 15.2 Å². The SMILES string of the molecule is O=C(NCCc1cccs1)c1ccc(O)cc1. The molecule has 1 heterocycles. The average molecular weight is 247 g/mol. The molecule has 0 bridgehead atoms. The fraction of sp³-hybridized carbons (Fsp3) is 0.154. The average Bonchev–Trinajstić information content (AvgIpc) is 2.83. The van der Waals surface area contributed by atoms with E-state index in [0.717, 1.165) is 6.42 Å². The third-order valence-electron chi connectivity index (χ3n) is 2.37. The molecule has 0 aliphatic heterocycles. The van der Waals surface area contributed by atoms with Crippen LogP contribution in [0.2, 0.25) is 0 Å². The molecule has 2 N–H and O–H groups in total. The molecular formula is C13H13NO2S. The van der Waals surface area contributed by atoms with E-state index >= 15 is 0 Å². The van der Waals surface area contributed by atoms with E-state index in [-0.39, 0.29) is 11.7 Å². The van der Waals surface area contributed by atoms with E-state index in [1.807, 2.05) is 11.4 Å². The maximum atomic E-state index is 11.7. The first-order valence-electron chi connectivity index (χ1n) is 5.35. The van der Waals surface area contributed by atoms with Gasteiger partial charge in [-0.15, -0.1) is 11.3 Å². The number of amides is 1. The second-order valence-corrected chi connectivity index (χ2v) is 4.66. The standard InChI is InChI=1S/C13H13NO2S/c15-11-5-3-10(4-6-11)13(16)14-8-7-12-2-1-9-17-12/h1-6,9,15H,7-8H2,(H,14,16). The van der Waals surface area contributed by atoms with Crippen LogP contribution in [0.15, 0.2) is 41.8 Å². The van der Waals surface area contributed by atoms with Crippen molar-refractivity contribution in [2.24, 2.45) is 0 Å². The van der Waals surface area contributed by atoms with Gasteiger partial charge in [-0.2, -0.15) is 0 Å². The maximum absolute atomic E-state index is 11.7. The molecular weight excluding hydrogens is 234 g/mol. The fourth-order valence-electron chi connectivity index (χ4n) is 1.47. The number of thiophene rings is 1. The normalized spacial score (nSPS) is 10.1. The van der Waals surface area contributed by atoms with Crippen molar-refractivity contribution in [3.63, 3.8) is 0 Å². The van der Waals surface area contributed by atoms with Gasteiger partial charge < -0.3 is 10.4 Å². The summed E-state index contributed by atoms with van der Waals surface area (Å²) in [5.74, 6) is 0.0571. The first-order valence-corrected chi connectivity index (χ1v) is 6.23. The number of carbonyl (C=O) groups is 1. The molecule has 0 atom stereocenters. The molecule has 0 fully saturated rings. The Morgan fingerprint density at radius 1 is 1.24 bits per heavy atom. The van der Waals surface area contributed by atoms with E-state index in [2.05, 4.69) is 11.4 Å². The maximum Gasteiger partial charge on any atom is 0.251 e. The minimum absolute atomic E-state index is 0.110. The molecule has 0 aliphatic rings. The van der Waals surface area contributed by atoms with Gasteiger partial charge in [-0.3, -0.25) is 4.79 Å². The van der Waals surface area contributed by atoms with Gasteiger partial charge >= 0.3 is 0 Å². The molecule has 1 amide bonds. The molecule has 0 saturated carbocycles. The van der Waals surface area contributed by atoms with Gasteiger partial charge in [0.05, 0.1) is 0 Å². The van der Waals surface area contributed by atoms with E-state index in [1.165, 1.54) is 17.0 Å². The fourth-order valence-corrected chi connectivity index (χ4v) is 2.18. The lowest BCUT2D eigenvalue weighted by Gasteiger charge is -2.04. The van der Waals surface area contributed by atoms with Crippen molar-refractivity contribution >= 4 is 17.2 Å². The summed E-state index contributed by atoms with van der Waals surface area (Å²) >= 11 is 1.69. The number of phenolic OH excluding ortho intramolecular Hbond substituents is 1. The van der Waals surface area contributed by atoms with Gasteiger partial charge in [0.1, 0.15) is 5.75 Å². The monoisotopic (exact) mass is 247 g/mol. The van der Waals surface area contributed by atoms with Gasteiger partial charge in [-0.05, 0) is 42.1 Å². The van der Waals surface area contributed by atoms with Crippen LogP contribution >= 0.6 is 11.3 Å². The van der Waals surface area contributed by atoms with Gasteiger partial charge in [-0.25, -0.2) is 0 Å². The zero-order valence-corrected chi connectivity index (χ0v) is 10.0. The summed E-state index contributed by atoms with van der Waals surface area (Å²) in [6.07, 6.45) is 0.849. The van der Waals surface area contributed by atoms with Crippen molar-refractivity contribution in [3.05, 3.63) is 52.2 Å². The number of carbonyl (C=O) groups excluding carboxylic acids is 1. The van der Waals surface area contributed by atoms with E-state index < -0.39 is 0 Å². The van der Waals surface area contributed by atoms with Gasteiger partial charge in [0.2, 0.25) is 0 Å². The van der Waals surface area contributed by atoms with Crippen molar-refractivity contribution in [2.45, 2.75) is 6.42 Å². The topological polar surface area (TPSA) is 49.3 Å². The number of hydrogen-bond acceptors (Lipinski definition) is 3. The minimum atomic E-state index is -0.110. The molecule has 4 heteroatoms. The Morgan fingerprint density at radius 2 is 2.00 bits per heavy atom. The van der Waals surface area contributed by atoms with Gasteiger partial charge in [-0.1, -0.05) is 6.07 Å². The number of phenols is 1. The molecule has 0 radical (unpaired) electrons. The second kappa shape index (κ2) is 5.50. The Balaban J connectivity index is 1.83. The lowest BCUT2D eigenvalue weighted by Crippen LogP contribution is -2.25. The van der Waals surface area contributed by atoms with Crippen LogP contribution in [0.4, 0.5) is 0 Å². The highest BCUT2D eigenvalue weighted by atomic mass is 32.1. The summed E-state index contributed by atoms with van der Waals surface area (Å²) in [5, 5.41) is 14.0. The van der Waals surface area contributed by atoms with Gasteiger partial charge in [0.15, 0.2) is 0 Å². The number of hydrogen-bond donors (Lipinski definition) is 2. The molecule has 3 nitrogen and oxygen atoms in total. The summed E-state index contributed by atoms with van der Waals surface area (Å²) in [6, 6.07) is 10.3. The summed E-state index contributed by atoms with van der Waals surface area (Å²) in [6.45, 7) is 0.625. The number of nitrogens with one attached hydrogen (secondary N) is 1. The van der Waals surface area contributed by atoms with Crippen LogP contribution in [0.3, 0.4) is 0 Å². The van der Waals surface area contributed by atoms with Crippen LogP contribution < -0.4 is 5.32 Å². The third kappa shape index (κ3) is 3.32. The van der Waals surface area contributed by atoms with Crippen LogP contribution in [-0.2, 0) is 6.42 Å². The lowest BCUT2D eigenvalue weighted by molar-refractivity contribution is 0.0954. The van der Waals surface area contributed by atoms with Crippen molar-refractivity contribution in [2.75, 3.05) is 6.54 Å². The van der Waals surface area contributed by atoms with Gasteiger partial charge in [0.25, 0.3) is 5.91 Å². The van der Waals surface area contributed by atoms with E-state index in [4.69, 9.17) is 5.11 Å². The molecule has 0 spiro atoms. The van der Waals surface area contributed by atoms with Crippen LogP contribution in [0.5, 0.6) is 5.75 Å². The second-order valence-electron chi connectivity index (χ2n) is 3.63. The summed E-state index contributed by atoms with van der Waals surface area (Å²) < 4.78 is 0. The number of benzene rings is 1. The van der Waals surface area contributed by atoms with Crippen molar-refractivity contribution in [1.29, 1.82) is 0 Å². The first-order chi connectivity index (χ1) is 8.25. The summed E-state index contributed by atoms with van der Waals surface area (Å²) in [5.41, 5.74) is 0.564. The molecule has 2 aromatic rings. The number of aromatic hydroxyl groups is 1. The van der Waals surface area contributed by atoms with Crippen LogP contribution in [0, 0.1) is 0 Å². The Bertz CT molecular complexity index is 477. The van der Waals surface area contributed by atoms with Crippen molar-refractivity contribution in [3.8, 4) is 5.75 Å². The molecule has 1 aromatic carbocycles. The lowest BCUT2D eigenvalue weighted by atomic mass is 10.2. The van der Waals surface area contributed by atoms with E-state index in [1.54, 1.807) is 23.5 Å². The highest BCUT2D eigenvalue weighted by Crippen LogP contribution is 2.10. The summed E-state index contributed by atoms with van der Waals surface area (Å²) in [4.78, 5) is 13.0. The van der Waals surface area contributed by atoms with Crippen LogP contribution in [-0.4, -0.2) is 17.6 Å². The highest BCUT2D eigenvalue weighted by molar-refractivity contribution is 7.09. The molecule has 0 aliphatic carbocycles. The Morgan fingerprint density at radius 3 is 2.65 bits per heavy atom. The highest BCUT2D eigenvalue weighted by Gasteiger charge is 2.04. The molecule has 17 heavy (non-hydrogen) atoms. The predicted octanol–water partition coefficient (Wildman–Crippen LogP) is 2.43. The Labute approximate surface area is 104 Å². The Hall–Kier alpha value is -1.81. The van der Waals surface area contributed by atoms with Crippen molar-refractivity contribution in [1.82, 2.24) is 5.32 Å². The minimum Gasteiger partial charge on any atom is -0.508 e. The molecule has 1 aromatic heterocycles. The Kier molecular flexibility index (Phi) is 3.77. The zero-order chi connectivity index (χ0) is 12.1. The summed E-state index contributed by atoms with van der Waals surface area (Å²) in [7, 11) is 0. The van der Waals surface area contributed by atoms with Gasteiger partial charge in [0, 0.05) is 17.0 Å². The smallest absolute Gasteiger partial charge is 0.251 e. The molecule has 2 rings (SSSR count).